The van der Waals surface area contributed by atoms with E-state index in [1.807, 2.05) is 0 Å². The first-order chi connectivity index (χ1) is 13.6. The number of rotatable bonds is 4. The molecular formula is C20H17F2N3O3. The van der Waals surface area contributed by atoms with Crippen LogP contribution in [-0.2, 0) is 11.3 Å². The lowest BCUT2D eigenvalue weighted by Crippen LogP contribution is -2.17. The molecule has 1 unspecified atom stereocenters. The standard InChI is InChI=1S/C20H17F2N3O3/c1-23-16-8-12(5-6-14(16)21)28-20-13(10-26)19-17(9-15(20)22)25(11-24-19)18-4-2-3-7-27-18/h5-6,8-9,11,18,26H,2-4,7,10H2. The molecule has 1 fully saturated rings. The molecule has 8 heteroatoms. The molecule has 0 saturated carbocycles. The molecule has 1 aromatic heterocycles. The first-order valence-corrected chi connectivity index (χ1v) is 8.87. The van der Waals surface area contributed by atoms with Crippen molar-refractivity contribution in [3.63, 3.8) is 0 Å². The van der Waals surface area contributed by atoms with E-state index in [1.165, 1.54) is 18.2 Å². The van der Waals surface area contributed by atoms with E-state index in [-0.39, 0.29) is 29.0 Å². The topological polar surface area (TPSA) is 60.9 Å². The molecule has 6 nitrogen and oxygen atoms in total. The van der Waals surface area contributed by atoms with Crippen LogP contribution in [0.15, 0.2) is 30.6 Å². The van der Waals surface area contributed by atoms with E-state index in [9.17, 15) is 13.9 Å². The fourth-order valence-electron chi connectivity index (χ4n) is 3.37. The Balaban J connectivity index is 1.77. The normalized spacial score (nSPS) is 16.9. The lowest BCUT2D eigenvalue weighted by molar-refractivity contribution is -0.0295. The third-order valence-corrected chi connectivity index (χ3v) is 4.75. The van der Waals surface area contributed by atoms with E-state index in [0.29, 0.717) is 17.6 Å². The Morgan fingerprint density at radius 2 is 2.14 bits per heavy atom. The molecule has 4 rings (SSSR count). The molecule has 1 N–H and O–H groups in total. The lowest BCUT2D eigenvalue weighted by atomic mass is 10.1. The molecule has 0 bridgehead atoms. The molecule has 1 saturated heterocycles. The summed E-state index contributed by atoms with van der Waals surface area (Å²) in [6.45, 7) is 7.12. The third kappa shape index (κ3) is 3.19. The minimum Gasteiger partial charge on any atom is -0.455 e. The van der Waals surface area contributed by atoms with Crippen molar-refractivity contribution in [1.82, 2.24) is 9.55 Å². The van der Waals surface area contributed by atoms with Gasteiger partial charge in [-0.05, 0) is 37.5 Å². The highest BCUT2D eigenvalue weighted by molar-refractivity contribution is 5.82. The van der Waals surface area contributed by atoms with Crippen molar-refractivity contribution in [2.75, 3.05) is 6.61 Å². The maximum atomic E-state index is 14.9. The van der Waals surface area contributed by atoms with Gasteiger partial charge in [-0.25, -0.2) is 18.6 Å². The average Bonchev–Trinajstić information content (AvgIpc) is 3.13. The zero-order chi connectivity index (χ0) is 19.7. The molecule has 0 amide bonds. The van der Waals surface area contributed by atoms with Crippen LogP contribution in [0.5, 0.6) is 11.5 Å². The molecule has 1 aliphatic heterocycles. The minimum absolute atomic E-state index is 0.0930. The molecule has 2 heterocycles. The predicted molar refractivity (Wildman–Crippen MR) is 97.2 cm³/mol. The lowest BCUT2D eigenvalue weighted by Gasteiger charge is -2.24. The molecule has 1 atom stereocenters. The van der Waals surface area contributed by atoms with E-state index in [1.54, 1.807) is 10.9 Å². The van der Waals surface area contributed by atoms with Crippen LogP contribution in [0.4, 0.5) is 14.5 Å². The largest absolute Gasteiger partial charge is 0.455 e. The Bertz CT molecular complexity index is 1070. The Morgan fingerprint density at radius 1 is 1.29 bits per heavy atom. The van der Waals surface area contributed by atoms with Crippen molar-refractivity contribution >= 4 is 16.7 Å². The van der Waals surface area contributed by atoms with E-state index >= 15 is 0 Å². The van der Waals surface area contributed by atoms with Gasteiger partial charge >= 0.3 is 0 Å². The van der Waals surface area contributed by atoms with Crippen LogP contribution >= 0.6 is 0 Å². The van der Waals surface area contributed by atoms with Crippen LogP contribution in [-0.4, -0.2) is 21.3 Å². The maximum absolute atomic E-state index is 14.9. The summed E-state index contributed by atoms with van der Waals surface area (Å²) in [6.07, 6.45) is 4.14. The van der Waals surface area contributed by atoms with Crippen LogP contribution in [0.1, 0.15) is 31.1 Å². The number of fused-ring (bicyclic) bond motifs is 1. The van der Waals surface area contributed by atoms with Gasteiger partial charge < -0.3 is 19.1 Å². The van der Waals surface area contributed by atoms with E-state index in [2.05, 4.69) is 9.83 Å². The average molecular weight is 385 g/mol. The smallest absolute Gasteiger partial charge is 0.225 e. The molecule has 28 heavy (non-hydrogen) atoms. The van der Waals surface area contributed by atoms with Gasteiger partial charge in [-0.15, -0.1) is 0 Å². The second-order valence-electron chi connectivity index (χ2n) is 6.49. The Labute approximate surface area is 159 Å². The highest BCUT2D eigenvalue weighted by Crippen LogP contribution is 2.37. The van der Waals surface area contributed by atoms with E-state index < -0.39 is 18.2 Å². The quantitative estimate of drug-likeness (QED) is 0.653. The number of ether oxygens (including phenoxy) is 2. The van der Waals surface area contributed by atoms with Crippen molar-refractivity contribution in [2.24, 2.45) is 0 Å². The number of imidazole rings is 1. The van der Waals surface area contributed by atoms with Crippen molar-refractivity contribution in [2.45, 2.75) is 32.1 Å². The van der Waals surface area contributed by atoms with Gasteiger partial charge in [0.05, 0.1) is 36.1 Å². The zero-order valence-corrected chi connectivity index (χ0v) is 14.9. The van der Waals surface area contributed by atoms with Crippen molar-refractivity contribution < 1.29 is 23.4 Å². The summed E-state index contributed by atoms with van der Waals surface area (Å²) in [5.74, 6) is -1.49. The second kappa shape index (κ2) is 7.54. The third-order valence-electron chi connectivity index (χ3n) is 4.75. The van der Waals surface area contributed by atoms with Gasteiger partial charge in [-0.3, -0.25) is 0 Å². The molecule has 0 spiro atoms. The summed E-state index contributed by atoms with van der Waals surface area (Å²) in [7, 11) is 0. The fourth-order valence-corrected chi connectivity index (χ4v) is 3.37. The van der Waals surface area contributed by atoms with Gasteiger partial charge in [0.1, 0.15) is 17.8 Å². The molecular weight excluding hydrogens is 368 g/mol. The molecule has 144 valence electrons. The van der Waals surface area contributed by atoms with Crippen molar-refractivity contribution in [3.05, 3.63) is 59.2 Å². The monoisotopic (exact) mass is 385 g/mol. The summed E-state index contributed by atoms with van der Waals surface area (Å²) in [4.78, 5) is 7.39. The Hall–Kier alpha value is -3.02. The van der Waals surface area contributed by atoms with Crippen molar-refractivity contribution in [3.8, 4) is 11.5 Å². The number of hydrogen-bond acceptors (Lipinski definition) is 4. The minimum atomic E-state index is -0.692. The molecule has 0 aliphatic carbocycles. The van der Waals surface area contributed by atoms with Crippen LogP contribution in [0, 0.1) is 18.2 Å². The second-order valence-corrected chi connectivity index (χ2v) is 6.49. The highest BCUT2D eigenvalue weighted by atomic mass is 19.1. The number of benzene rings is 2. The number of aliphatic hydroxyl groups excluding tert-OH is 1. The Morgan fingerprint density at radius 3 is 2.86 bits per heavy atom. The van der Waals surface area contributed by atoms with Crippen LogP contribution in [0.25, 0.3) is 15.9 Å². The zero-order valence-electron chi connectivity index (χ0n) is 14.9. The van der Waals surface area contributed by atoms with Crippen LogP contribution < -0.4 is 4.74 Å². The van der Waals surface area contributed by atoms with Gasteiger partial charge in [0.25, 0.3) is 0 Å². The number of aliphatic hydroxyl groups is 1. The summed E-state index contributed by atoms with van der Waals surface area (Å²) >= 11 is 0. The predicted octanol–water partition coefficient (Wildman–Crippen LogP) is 4.85. The number of halogens is 2. The highest BCUT2D eigenvalue weighted by Gasteiger charge is 2.23. The fraction of sp³-hybridized carbons (Fsp3) is 0.300. The van der Waals surface area contributed by atoms with E-state index in [4.69, 9.17) is 16.0 Å². The number of nitrogens with zero attached hydrogens (tertiary/aromatic N) is 3. The van der Waals surface area contributed by atoms with Crippen LogP contribution in [0.3, 0.4) is 0 Å². The molecule has 1 aliphatic rings. The van der Waals surface area contributed by atoms with Crippen molar-refractivity contribution in [1.29, 1.82) is 0 Å². The summed E-state index contributed by atoms with van der Waals surface area (Å²) in [5.41, 5.74) is 0.851. The summed E-state index contributed by atoms with van der Waals surface area (Å²) in [6, 6.07) is 4.84. The summed E-state index contributed by atoms with van der Waals surface area (Å²) < 4.78 is 41.5. The van der Waals surface area contributed by atoms with Crippen LogP contribution in [0.2, 0.25) is 0 Å². The van der Waals surface area contributed by atoms with Gasteiger partial charge in [-0.1, -0.05) is 0 Å². The summed E-state index contributed by atoms with van der Waals surface area (Å²) in [5, 5.41) is 9.85. The van der Waals surface area contributed by atoms with E-state index in [0.717, 1.165) is 25.3 Å². The maximum Gasteiger partial charge on any atom is 0.225 e. The number of hydrogen-bond donors (Lipinski definition) is 1. The molecule has 3 aromatic rings. The van der Waals surface area contributed by atoms with Gasteiger partial charge in [0, 0.05) is 12.7 Å². The SMILES string of the molecule is [C-]#[N+]c1cc(Oc2c(F)cc3c(ncn3C3CCCCO3)c2CO)ccc1F. The first kappa shape index (κ1) is 18.3. The number of aromatic nitrogens is 2. The van der Waals surface area contributed by atoms with Gasteiger partial charge in [0.2, 0.25) is 5.69 Å². The Kier molecular flexibility index (Phi) is 4.94. The molecule has 0 radical (unpaired) electrons. The van der Waals surface area contributed by atoms with Gasteiger partial charge in [-0.2, -0.15) is 0 Å². The van der Waals surface area contributed by atoms with Gasteiger partial charge in [0.15, 0.2) is 11.6 Å². The molecule has 2 aromatic carbocycles. The first-order valence-electron chi connectivity index (χ1n) is 8.87.